The maximum absolute atomic E-state index is 14.6. The average Bonchev–Trinajstić information content (AvgIpc) is 3.15. The van der Waals surface area contributed by atoms with Crippen molar-refractivity contribution in [2.75, 3.05) is 19.6 Å². The lowest BCUT2D eigenvalue weighted by molar-refractivity contribution is -0.135. The van der Waals surface area contributed by atoms with E-state index in [0.29, 0.717) is 18.0 Å². The molecule has 4 fully saturated rings. The van der Waals surface area contributed by atoms with Gasteiger partial charge in [-0.15, -0.1) is 0 Å². The minimum atomic E-state index is -0.816. The number of benzene rings is 1. The maximum Gasteiger partial charge on any atom is 0.228 e. The van der Waals surface area contributed by atoms with Gasteiger partial charge < -0.3 is 4.90 Å². The molecule has 0 spiro atoms. The van der Waals surface area contributed by atoms with Gasteiger partial charge >= 0.3 is 0 Å². The van der Waals surface area contributed by atoms with Crippen LogP contribution in [0.5, 0.6) is 0 Å². The zero-order chi connectivity index (χ0) is 19.3. The molecule has 0 unspecified atom stereocenters. The largest absolute Gasteiger partial charge is 0.337 e. The van der Waals surface area contributed by atoms with Crippen molar-refractivity contribution in [1.82, 2.24) is 14.8 Å². The van der Waals surface area contributed by atoms with Crippen molar-refractivity contribution in [2.45, 2.75) is 37.3 Å². The van der Waals surface area contributed by atoms with E-state index >= 15 is 0 Å². The number of piperidine rings is 3. The zero-order valence-corrected chi connectivity index (χ0v) is 15.6. The summed E-state index contributed by atoms with van der Waals surface area (Å²) in [4.78, 5) is 21.8. The molecule has 2 bridgehead atoms. The molecule has 0 radical (unpaired) electrons. The van der Waals surface area contributed by atoms with Crippen LogP contribution in [0, 0.1) is 17.6 Å². The molecule has 0 N–H and O–H groups in total. The maximum atomic E-state index is 14.6. The number of halogens is 2. The van der Waals surface area contributed by atoms with Crippen molar-refractivity contribution >= 4 is 5.91 Å². The van der Waals surface area contributed by atoms with Gasteiger partial charge in [0, 0.05) is 30.4 Å². The van der Waals surface area contributed by atoms with Gasteiger partial charge in [0.2, 0.25) is 5.91 Å². The zero-order valence-electron chi connectivity index (χ0n) is 15.6. The Hall–Kier alpha value is -2.34. The average molecular weight is 383 g/mol. The van der Waals surface area contributed by atoms with Crippen LogP contribution < -0.4 is 0 Å². The van der Waals surface area contributed by atoms with Crippen molar-refractivity contribution < 1.29 is 13.6 Å². The normalized spacial score (nSPS) is 31.1. The number of carbonyl (C=O) groups excluding carboxylic acids is 1. The van der Waals surface area contributed by atoms with Gasteiger partial charge in [-0.25, -0.2) is 8.78 Å². The molecule has 4 aliphatic heterocycles. The van der Waals surface area contributed by atoms with Crippen molar-refractivity contribution in [3.63, 3.8) is 0 Å². The van der Waals surface area contributed by atoms with Crippen LogP contribution in [0.15, 0.2) is 42.6 Å². The number of nitrogens with zero attached hydrogens (tertiary/aromatic N) is 3. The van der Waals surface area contributed by atoms with Crippen LogP contribution in [0.4, 0.5) is 8.78 Å². The molecular weight excluding hydrogens is 360 g/mol. The number of rotatable bonds is 3. The summed E-state index contributed by atoms with van der Waals surface area (Å²) >= 11 is 0. The molecule has 5 heterocycles. The molecule has 146 valence electrons. The smallest absolute Gasteiger partial charge is 0.228 e. The first kappa shape index (κ1) is 17.7. The molecule has 2 aromatic rings. The number of hydrogen-bond acceptors (Lipinski definition) is 3. The standard InChI is InChI=1S/C22H23F2N3O/c23-18-6-3-5-16(20(18)24)17-13-27(19(28)12-15-4-1-2-9-25-15)21-14-7-10-26(11-8-14)22(17)21/h1-6,9,14,17,21-22H,7-8,10-13H2/t17-,21-,22-/m1/s1. The highest BCUT2D eigenvalue weighted by molar-refractivity contribution is 5.79. The molecular formula is C22H23F2N3O. The van der Waals surface area contributed by atoms with Crippen LogP contribution in [-0.4, -0.2) is 52.4 Å². The van der Waals surface area contributed by atoms with E-state index < -0.39 is 11.6 Å². The summed E-state index contributed by atoms with van der Waals surface area (Å²) in [5.74, 6) is -1.32. The molecule has 0 aliphatic carbocycles. The molecule has 4 aliphatic rings. The molecule has 28 heavy (non-hydrogen) atoms. The molecule has 6 heteroatoms. The summed E-state index contributed by atoms with van der Waals surface area (Å²) < 4.78 is 28.5. The Balaban J connectivity index is 1.49. The Morgan fingerprint density at radius 3 is 2.64 bits per heavy atom. The van der Waals surface area contributed by atoms with E-state index in [0.717, 1.165) is 37.7 Å². The third kappa shape index (κ3) is 2.82. The Morgan fingerprint density at radius 2 is 1.89 bits per heavy atom. The molecule has 4 nitrogen and oxygen atoms in total. The summed E-state index contributed by atoms with van der Waals surface area (Å²) in [7, 11) is 0. The van der Waals surface area contributed by atoms with Gasteiger partial charge in [0.25, 0.3) is 0 Å². The first-order valence-electron chi connectivity index (χ1n) is 10.0. The van der Waals surface area contributed by atoms with E-state index in [1.807, 2.05) is 23.1 Å². The fraction of sp³-hybridized carbons (Fsp3) is 0.455. The Labute approximate surface area is 163 Å². The van der Waals surface area contributed by atoms with Gasteiger partial charge in [0.15, 0.2) is 11.6 Å². The topological polar surface area (TPSA) is 36.4 Å². The quantitative estimate of drug-likeness (QED) is 0.818. The first-order valence-corrected chi connectivity index (χ1v) is 10.0. The van der Waals surface area contributed by atoms with E-state index in [1.165, 1.54) is 0 Å². The number of carbonyl (C=O) groups is 1. The lowest BCUT2D eigenvalue weighted by atomic mass is 9.75. The second-order valence-corrected chi connectivity index (χ2v) is 8.15. The lowest BCUT2D eigenvalue weighted by Crippen LogP contribution is -2.60. The molecule has 1 amide bonds. The molecule has 1 aromatic carbocycles. The number of pyridine rings is 1. The fourth-order valence-electron chi connectivity index (χ4n) is 5.54. The highest BCUT2D eigenvalue weighted by Crippen LogP contribution is 2.47. The van der Waals surface area contributed by atoms with Crippen LogP contribution in [0.2, 0.25) is 0 Å². The molecule has 4 saturated heterocycles. The van der Waals surface area contributed by atoms with Crippen molar-refractivity contribution in [1.29, 1.82) is 0 Å². The summed E-state index contributed by atoms with van der Waals surface area (Å²) in [6.45, 7) is 2.39. The van der Waals surface area contributed by atoms with Crippen molar-refractivity contribution in [2.24, 2.45) is 5.92 Å². The van der Waals surface area contributed by atoms with E-state index in [9.17, 15) is 13.6 Å². The second kappa shape index (κ2) is 6.92. The van der Waals surface area contributed by atoms with E-state index in [-0.39, 0.29) is 30.3 Å². The van der Waals surface area contributed by atoms with E-state index in [2.05, 4.69) is 9.88 Å². The summed E-state index contributed by atoms with van der Waals surface area (Å²) in [5.41, 5.74) is 1.14. The predicted octanol–water partition coefficient (Wildman–Crippen LogP) is 2.99. The Bertz CT molecular complexity index is 883. The molecule has 0 saturated carbocycles. The lowest BCUT2D eigenvalue weighted by Gasteiger charge is -2.51. The molecule has 3 atom stereocenters. The van der Waals surface area contributed by atoms with Crippen molar-refractivity contribution in [3.8, 4) is 0 Å². The fourth-order valence-corrected chi connectivity index (χ4v) is 5.54. The van der Waals surface area contributed by atoms with Crippen LogP contribution in [0.1, 0.15) is 30.0 Å². The van der Waals surface area contributed by atoms with E-state index in [4.69, 9.17) is 0 Å². The molecule has 6 rings (SSSR count). The number of amides is 1. The minimum absolute atomic E-state index is 0.0294. The number of likely N-dealkylation sites (tertiary alicyclic amines) is 1. The highest BCUT2D eigenvalue weighted by atomic mass is 19.2. The summed E-state index contributed by atoms with van der Waals surface area (Å²) in [6.07, 6.45) is 4.06. The molecule has 1 aromatic heterocycles. The van der Waals surface area contributed by atoms with Gasteiger partial charge in [0.1, 0.15) is 0 Å². The third-order valence-corrected chi connectivity index (χ3v) is 6.75. The van der Waals surface area contributed by atoms with Gasteiger partial charge in [-0.2, -0.15) is 0 Å². The monoisotopic (exact) mass is 383 g/mol. The van der Waals surface area contributed by atoms with Crippen LogP contribution in [0.25, 0.3) is 0 Å². The van der Waals surface area contributed by atoms with Crippen LogP contribution in [0.3, 0.4) is 0 Å². The summed E-state index contributed by atoms with van der Waals surface area (Å²) in [6, 6.07) is 10.1. The second-order valence-electron chi connectivity index (χ2n) is 8.15. The number of fused-ring (bicyclic) bond motifs is 2. The van der Waals surface area contributed by atoms with Gasteiger partial charge in [-0.05, 0) is 55.6 Å². The van der Waals surface area contributed by atoms with Gasteiger partial charge in [-0.1, -0.05) is 18.2 Å². The Kier molecular flexibility index (Phi) is 4.38. The van der Waals surface area contributed by atoms with Crippen molar-refractivity contribution in [3.05, 3.63) is 65.5 Å². The third-order valence-electron chi connectivity index (χ3n) is 6.75. The van der Waals surface area contributed by atoms with E-state index in [1.54, 1.807) is 18.3 Å². The highest BCUT2D eigenvalue weighted by Gasteiger charge is 2.55. The number of aromatic nitrogens is 1. The SMILES string of the molecule is O=C(Cc1ccccn1)N1C[C@H](c2cccc(F)c2F)[C@@H]2[C@H]1C1CCN2CC1. The Morgan fingerprint density at radius 1 is 1.07 bits per heavy atom. The predicted molar refractivity (Wildman–Crippen MR) is 101 cm³/mol. The first-order chi connectivity index (χ1) is 13.6. The van der Waals surface area contributed by atoms with Gasteiger partial charge in [-0.3, -0.25) is 14.7 Å². The van der Waals surface area contributed by atoms with Crippen LogP contribution >= 0.6 is 0 Å². The minimum Gasteiger partial charge on any atom is -0.337 e. The number of hydrogen-bond donors (Lipinski definition) is 0. The summed E-state index contributed by atoms with van der Waals surface area (Å²) in [5, 5.41) is 0. The van der Waals surface area contributed by atoms with Crippen LogP contribution in [-0.2, 0) is 11.2 Å². The van der Waals surface area contributed by atoms with Gasteiger partial charge in [0.05, 0.1) is 12.5 Å².